The molecule has 0 heterocycles. The summed E-state index contributed by atoms with van der Waals surface area (Å²) in [6.45, 7) is 1.40. The first-order valence-corrected chi connectivity index (χ1v) is 9.40. The van der Waals surface area contributed by atoms with E-state index in [1.54, 1.807) is 7.11 Å². The van der Waals surface area contributed by atoms with Crippen LogP contribution >= 0.6 is 0 Å². The van der Waals surface area contributed by atoms with E-state index in [1.165, 1.54) is 12.1 Å². The first-order chi connectivity index (χ1) is 11.3. The Kier molecular flexibility index (Phi) is 6.14. The normalized spacial score (nSPS) is 21.4. The van der Waals surface area contributed by atoms with Gasteiger partial charge in [0.25, 0.3) is 5.69 Å². The lowest BCUT2D eigenvalue weighted by Crippen LogP contribution is -2.23. The number of sulfonamides is 1. The smallest absolute Gasteiger partial charge is 0.293 e. The zero-order chi connectivity index (χ0) is 17.7. The van der Waals surface area contributed by atoms with Crippen LogP contribution in [0.1, 0.15) is 25.7 Å². The quantitative estimate of drug-likeness (QED) is 0.569. The number of hydrogen-bond donors (Lipinski definition) is 2. The van der Waals surface area contributed by atoms with Gasteiger partial charge in [-0.05, 0) is 49.7 Å². The van der Waals surface area contributed by atoms with Crippen LogP contribution in [-0.2, 0) is 14.8 Å². The van der Waals surface area contributed by atoms with E-state index in [1.807, 2.05) is 0 Å². The van der Waals surface area contributed by atoms with E-state index in [0.717, 1.165) is 38.4 Å². The zero-order valence-electron chi connectivity index (χ0n) is 13.6. The lowest BCUT2D eigenvalue weighted by molar-refractivity contribution is -0.384. The van der Waals surface area contributed by atoms with Gasteiger partial charge in [-0.3, -0.25) is 10.1 Å². The van der Waals surface area contributed by atoms with Gasteiger partial charge in [-0.2, -0.15) is 0 Å². The minimum atomic E-state index is -3.97. The minimum absolute atomic E-state index is 0.264. The minimum Gasteiger partial charge on any atom is -0.384 e. The molecule has 1 aliphatic carbocycles. The molecular formula is C15H23N3O5S. The molecule has 0 aromatic heterocycles. The Morgan fingerprint density at radius 2 is 1.92 bits per heavy atom. The second-order valence-corrected chi connectivity index (χ2v) is 7.77. The molecule has 2 rings (SSSR count). The van der Waals surface area contributed by atoms with Crippen molar-refractivity contribution in [3.63, 3.8) is 0 Å². The molecule has 1 aliphatic rings. The fourth-order valence-corrected chi connectivity index (χ4v) is 3.61. The van der Waals surface area contributed by atoms with Crippen molar-refractivity contribution in [1.29, 1.82) is 0 Å². The van der Waals surface area contributed by atoms with E-state index >= 15 is 0 Å². The predicted octanol–water partition coefficient (Wildman–Crippen LogP) is 2.11. The molecule has 1 aromatic carbocycles. The standard InChI is InChI=1S/C15H23N3O5S/c1-23-10-12-4-2-11(3-5-12)9-17-14-7-6-13(24(16,21)22)8-15(14)18(19)20/h6-8,11-12,17H,2-5,9-10H2,1H3,(H2,16,21,22). The second-order valence-electron chi connectivity index (χ2n) is 6.20. The number of nitro groups is 1. The molecule has 0 bridgehead atoms. The Labute approximate surface area is 141 Å². The van der Waals surface area contributed by atoms with Crippen molar-refractivity contribution >= 4 is 21.4 Å². The molecule has 0 radical (unpaired) electrons. The number of nitro benzene ring substituents is 1. The van der Waals surface area contributed by atoms with Crippen LogP contribution in [0.25, 0.3) is 0 Å². The average Bonchev–Trinajstić information content (AvgIpc) is 2.53. The summed E-state index contributed by atoms with van der Waals surface area (Å²) < 4.78 is 27.8. The largest absolute Gasteiger partial charge is 0.384 e. The molecule has 8 nitrogen and oxygen atoms in total. The maximum Gasteiger partial charge on any atom is 0.293 e. The van der Waals surface area contributed by atoms with Crippen molar-refractivity contribution in [2.45, 2.75) is 30.6 Å². The van der Waals surface area contributed by atoms with Gasteiger partial charge in [0.1, 0.15) is 5.69 Å². The topological polar surface area (TPSA) is 125 Å². The number of primary sulfonamides is 1. The van der Waals surface area contributed by atoms with E-state index in [2.05, 4.69) is 5.32 Å². The van der Waals surface area contributed by atoms with Gasteiger partial charge in [0.05, 0.1) is 9.82 Å². The van der Waals surface area contributed by atoms with Crippen LogP contribution in [0.3, 0.4) is 0 Å². The van der Waals surface area contributed by atoms with E-state index < -0.39 is 14.9 Å². The zero-order valence-corrected chi connectivity index (χ0v) is 14.4. The van der Waals surface area contributed by atoms with Crippen molar-refractivity contribution in [2.24, 2.45) is 17.0 Å². The molecule has 1 aromatic rings. The number of rotatable bonds is 7. The Bertz CT molecular complexity index is 684. The van der Waals surface area contributed by atoms with Crippen molar-refractivity contribution < 1.29 is 18.1 Å². The summed E-state index contributed by atoms with van der Waals surface area (Å²) in [5, 5.41) is 19.3. The number of hydrogen-bond acceptors (Lipinski definition) is 6. The molecule has 1 fully saturated rings. The van der Waals surface area contributed by atoms with Gasteiger partial charge in [-0.25, -0.2) is 13.6 Å². The molecule has 134 valence electrons. The molecule has 24 heavy (non-hydrogen) atoms. The molecule has 0 aliphatic heterocycles. The third-order valence-corrected chi connectivity index (χ3v) is 5.36. The molecule has 0 saturated heterocycles. The second kappa shape index (κ2) is 7.91. The SMILES string of the molecule is COCC1CCC(CNc2ccc(S(N)(=O)=O)cc2[N+](=O)[O-])CC1. The summed E-state index contributed by atoms with van der Waals surface area (Å²) in [6, 6.07) is 3.67. The first kappa shape index (κ1) is 18.6. The van der Waals surface area contributed by atoms with Gasteiger partial charge >= 0.3 is 0 Å². The fraction of sp³-hybridized carbons (Fsp3) is 0.600. The van der Waals surface area contributed by atoms with Gasteiger partial charge < -0.3 is 10.1 Å². The molecule has 0 amide bonds. The number of nitrogens with zero attached hydrogens (tertiary/aromatic N) is 1. The summed E-state index contributed by atoms with van der Waals surface area (Å²) in [5.41, 5.74) is 0.0287. The highest BCUT2D eigenvalue weighted by atomic mass is 32.2. The van der Waals surface area contributed by atoms with Crippen LogP contribution < -0.4 is 10.5 Å². The summed E-state index contributed by atoms with van der Waals surface area (Å²) in [6.07, 6.45) is 4.27. The van der Waals surface area contributed by atoms with E-state index in [4.69, 9.17) is 9.88 Å². The summed E-state index contributed by atoms with van der Waals surface area (Å²) >= 11 is 0. The van der Waals surface area contributed by atoms with Crippen LogP contribution in [0.5, 0.6) is 0 Å². The van der Waals surface area contributed by atoms with E-state index in [0.29, 0.717) is 24.1 Å². The highest BCUT2D eigenvalue weighted by Crippen LogP contribution is 2.31. The third-order valence-electron chi connectivity index (χ3n) is 4.44. The van der Waals surface area contributed by atoms with Crippen molar-refractivity contribution in [3.05, 3.63) is 28.3 Å². The molecule has 0 atom stereocenters. The maximum atomic E-state index is 11.3. The van der Waals surface area contributed by atoms with Crippen molar-refractivity contribution in [1.82, 2.24) is 0 Å². The van der Waals surface area contributed by atoms with Gasteiger partial charge in [0.2, 0.25) is 10.0 Å². The van der Waals surface area contributed by atoms with Crippen LogP contribution in [0, 0.1) is 22.0 Å². The Morgan fingerprint density at radius 1 is 1.29 bits per heavy atom. The van der Waals surface area contributed by atoms with E-state index in [-0.39, 0.29) is 10.6 Å². The average molecular weight is 357 g/mol. The Hall–Kier alpha value is -1.71. The van der Waals surface area contributed by atoms with Gasteiger partial charge in [-0.15, -0.1) is 0 Å². The van der Waals surface area contributed by atoms with Crippen LogP contribution in [0.2, 0.25) is 0 Å². The van der Waals surface area contributed by atoms with E-state index in [9.17, 15) is 18.5 Å². The lowest BCUT2D eigenvalue weighted by Gasteiger charge is -2.28. The highest BCUT2D eigenvalue weighted by molar-refractivity contribution is 7.89. The molecule has 0 spiro atoms. The van der Waals surface area contributed by atoms with Crippen LogP contribution in [0.4, 0.5) is 11.4 Å². The fourth-order valence-electron chi connectivity index (χ4n) is 3.08. The summed E-state index contributed by atoms with van der Waals surface area (Å²) in [7, 11) is -2.26. The van der Waals surface area contributed by atoms with Crippen LogP contribution in [0.15, 0.2) is 23.1 Å². The number of anilines is 1. The predicted molar refractivity (Wildman–Crippen MR) is 90.3 cm³/mol. The Balaban J connectivity index is 2.01. The number of ether oxygens (including phenoxy) is 1. The monoisotopic (exact) mass is 357 g/mol. The third kappa shape index (κ3) is 4.89. The maximum absolute atomic E-state index is 11.3. The number of benzene rings is 1. The number of methoxy groups -OCH3 is 1. The first-order valence-electron chi connectivity index (χ1n) is 7.85. The number of nitrogens with one attached hydrogen (secondary N) is 1. The van der Waals surface area contributed by atoms with Crippen LogP contribution in [-0.4, -0.2) is 33.6 Å². The highest BCUT2D eigenvalue weighted by Gasteiger charge is 2.23. The lowest BCUT2D eigenvalue weighted by atomic mass is 9.82. The number of nitrogens with two attached hydrogens (primary N) is 1. The van der Waals surface area contributed by atoms with Gasteiger partial charge in [-0.1, -0.05) is 0 Å². The van der Waals surface area contributed by atoms with Gasteiger partial charge in [0.15, 0.2) is 0 Å². The Morgan fingerprint density at radius 3 is 2.46 bits per heavy atom. The summed E-state index contributed by atoms with van der Waals surface area (Å²) in [4.78, 5) is 10.3. The molecule has 0 unspecified atom stereocenters. The molecular weight excluding hydrogens is 334 g/mol. The van der Waals surface area contributed by atoms with Crippen molar-refractivity contribution in [3.8, 4) is 0 Å². The van der Waals surface area contributed by atoms with Gasteiger partial charge in [0, 0.05) is 26.3 Å². The summed E-state index contributed by atoms with van der Waals surface area (Å²) in [5.74, 6) is 1.03. The molecule has 1 saturated carbocycles. The molecule has 3 N–H and O–H groups in total. The molecule has 9 heteroatoms. The van der Waals surface area contributed by atoms with Crippen molar-refractivity contribution in [2.75, 3.05) is 25.6 Å².